The summed E-state index contributed by atoms with van der Waals surface area (Å²) in [7, 11) is 0. The van der Waals surface area contributed by atoms with E-state index in [1.165, 1.54) is 0 Å². The number of halogens is 1. The lowest BCUT2D eigenvalue weighted by molar-refractivity contribution is 0.0933. The zero-order valence-corrected chi connectivity index (χ0v) is 23.7. The van der Waals surface area contributed by atoms with Crippen molar-refractivity contribution >= 4 is 56.7 Å². The van der Waals surface area contributed by atoms with Crippen molar-refractivity contribution in [3.8, 4) is 5.75 Å². The summed E-state index contributed by atoms with van der Waals surface area (Å²) in [5.74, 6) is -0.290. The van der Waals surface area contributed by atoms with Crippen LogP contribution in [-0.2, 0) is 0 Å². The second kappa shape index (κ2) is 13.7. The fourth-order valence-electron chi connectivity index (χ4n) is 3.29. The largest absolute Gasteiger partial charge is 0.493 e. The van der Waals surface area contributed by atoms with E-state index in [0.29, 0.717) is 45.1 Å². The van der Waals surface area contributed by atoms with E-state index in [4.69, 9.17) is 17.0 Å². The van der Waals surface area contributed by atoms with Crippen LogP contribution in [0.3, 0.4) is 0 Å². The number of benzene rings is 3. The van der Waals surface area contributed by atoms with Crippen LogP contribution in [0.2, 0.25) is 0 Å². The number of hydrogen-bond donors (Lipinski definition) is 4. The van der Waals surface area contributed by atoms with Crippen molar-refractivity contribution in [2.75, 3.05) is 11.9 Å². The van der Waals surface area contributed by atoms with Crippen LogP contribution in [0, 0.1) is 12.8 Å². The van der Waals surface area contributed by atoms with E-state index in [2.05, 4.69) is 51.3 Å². The lowest BCUT2D eigenvalue weighted by Crippen LogP contribution is -2.48. The molecule has 10 heteroatoms. The molecule has 3 amide bonds. The van der Waals surface area contributed by atoms with Crippen molar-refractivity contribution in [3.63, 3.8) is 0 Å². The van der Waals surface area contributed by atoms with Crippen LogP contribution in [0.1, 0.15) is 56.9 Å². The smallest absolute Gasteiger partial charge is 0.269 e. The molecule has 8 nitrogen and oxygen atoms in total. The van der Waals surface area contributed by atoms with Gasteiger partial charge in [-0.15, -0.1) is 0 Å². The average Bonchev–Trinajstić information content (AvgIpc) is 2.88. The van der Waals surface area contributed by atoms with E-state index >= 15 is 0 Å². The number of carbonyl (C=O) groups is 3. The monoisotopic (exact) mass is 596 g/mol. The van der Waals surface area contributed by atoms with Crippen molar-refractivity contribution in [2.24, 2.45) is 5.92 Å². The summed E-state index contributed by atoms with van der Waals surface area (Å²) in [6, 6.07) is 18.8. The molecule has 0 aliphatic heterocycles. The average molecular weight is 598 g/mol. The second-order valence-corrected chi connectivity index (χ2v) is 10.3. The maximum atomic E-state index is 12.8. The number of hydrazine groups is 1. The third kappa shape index (κ3) is 8.67. The van der Waals surface area contributed by atoms with E-state index in [1.807, 2.05) is 19.1 Å². The Hall–Kier alpha value is -3.76. The van der Waals surface area contributed by atoms with E-state index in [0.717, 1.165) is 12.0 Å². The topological polar surface area (TPSA) is 109 Å². The predicted molar refractivity (Wildman–Crippen MR) is 155 cm³/mol. The van der Waals surface area contributed by atoms with Gasteiger partial charge in [0.25, 0.3) is 17.7 Å². The van der Waals surface area contributed by atoms with Gasteiger partial charge in [-0.2, -0.15) is 0 Å². The van der Waals surface area contributed by atoms with Gasteiger partial charge in [0.1, 0.15) is 5.75 Å². The fourth-order valence-corrected chi connectivity index (χ4v) is 3.80. The molecule has 0 aromatic heterocycles. The van der Waals surface area contributed by atoms with Gasteiger partial charge in [-0.1, -0.05) is 47.5 Å². The molecule has 0 fully saturated rings. The van der Waals surface area contributed by atoms with Gasteiger partial charge in [-0.3, -0.25) is 30.6 Å². The minimum atomic E-state index is -0.480. The van der Waals surface area contributed by atoms with Crippen molar-refractivity contribution in [1.82, 2.24) is 16.2 Å². The van der Waals surface area contributed by atoms with Gasteiger partial charge < -0.3 is 10.1 Å². The molecule has 0 unspecified atom stereocenters. The Morgan fingerprint density at radius 1 is 0.895 bits per heavy atom. The first kappa shape index (κ1) is 28.8. The summed E-state index contributed by atoms with van der Waals surface area (Å²) >= 11 is 8.53. The van der Waals surface area contributed by atoms with Gasteiger partial charge in [-0.25, -0.2) is 0 Å². The van der Waals surface area contributed by atoms with Crippen LogP contribution >= 0.6 is 28.1 Å². The molecular weight excluding hydrogens is 568 g/mol. The minimum absolute atomic E-state index is 0.0847. The number of nitrogens with one attached hydrogen (secondary N) is 4. The summed E-state index contributed by atoms with van der Waals surface area (Å²) < 4.78 is 6.50. The predicted octanol–water partition coefficient (Wildman–Crippen LogP) is 5.38. The molecule has 0 aliphatic carbocycles. The SMILES string of the molecule is Cc1cccc(C(=O)Nc2ccc(C(=O)NNC(=S)NC(=O)c3cc(Br)ccc3OCCC(C)C)cc2)c1. The minimum Gasteiger partial charge on any atom is -0.493 e. The molecular formula is C28H29BrN4O4S. The Morgan fingerprint density at radius 2 is 1.63 bits per heavy atom. The molecule has 0 spiro atoms. The molecule has 0 heterocycles. The van der Waals surface area contributed by atoms with Gasteiger partial charge in [0, 0.05) is 21.3 Å². The molecule has 0 radical (unpaired) electrons. The highest BCUT2D eigenvalue weighted by molar-refractivity contribution is 9.10. The van der Waals surface area contributed by atoms with E-state index < -0.39 is 11.8 Å². The molecule has 3 rings (SSSR count). The number of thiocarbonyl (C=S) groups is 1. The van der Waals surface area contributed by atoms with Crippen molar-refractivity contribution in [2.45, 2.75) is 27.2 Å². The van der Waals surface area contributed by atoms with Crippen LogP contribution in [0.25, 0.3) is 0 Å². The first-order valence-electron chi connectivity index (χ1n) is 11.9. The summed E-state index contributed by atoms with van der Waals surface area (Å²) in [4.78, 5) is 37.7. The number of rotatable bonds is 8. The normalized spacial score (nSPS) is 10.4. The Labute approximate surface area is 235 Å². The highest BCUT2D eigenvalue weighted by Crippen LogP contribution is 2.24. The van der Waals surface area contributed by atoms with Crippen LogP contribution in [0.5, 0.6) is 5.75 Å². The van der Waals surface area contributed by atoms with Crippen molar-refractivity contribution in [1.29, 1.82) is 0 Å². The first-order chi connectivity index (χ1) is 18.1. The van der Waals surface area contributed by atoms with E-state index in [-0.39, 0.29) is 11.0 Å². The van der Waals surface area contributed by atoms with Crippen LogP contribution in [-0.4, -0.2) is 29.4 Å². The highest BCUT2D eigenvalue weighted by Gasteiger charge is 2.16. The number of anilines is 1. The van der Waals surface area contributed by atoms with E-state index in [1.54, 1.807) is 54.6 Å². The van der Waals surface area contributed by atoms with Gasteiger partial charge in [0.2, 0.25) is 0 Å². The third-order valence-electron chi connectivity index (χ3n) is 5.34. The van der Waals surface area contributed by atoms with E-state index in [9.17, 15) is 14.4 Å². The highest BCUT2D eigenvalue weighted by atomic mass is 79.9. The molecule has 38 heavy (non-hydrogen) atoms. The Morgan fingerprint density at radius 3 is 2.32 bits per heavy atom. The summed E-state index contributed by atoms with van der Waals surface area (Å²) in [6.07, 6.45) is 0.850. The molecule has 4 N–H and O–H groups in total. The molecule has 0 aliphatic rings. The van der Waals surface area contributed by atoms with Crippen LogP contribution < -0.4 is 26.2 Å². The molecule has 0 saturated heterocycles. The molecule has 0 atom stereocenters. The molecule has 0 saturated carbocycles. The molecule has 198 valence electrons. The molecule has 0 bridgehead atoms. The quantitative estimate of drug-likeness (QED) is 0.205. The zero-order valence-electron chi connectivity index (χ0n) is 21.3. The van der Waals surface area contributed by atoms with Crippen LogP contribution in [0.4, 0.5) is 5.69 Å². The first-order valence-corrected chi connectivity index (χ1v) is 13.1. The van der Waals surface area contributed by atoms with Crippen molar-refractivity contribution < 1.29 is 19.1 Å². The van der Waals surface area contributed by atoms with Gasteiger partial charge in [0.05, 0.1) is 12.2 Å². The van der Waals surface area contributed by atoms with Gasteiger partial charge >= 0.3 is 0 Å². The third-order valence-corrected chi connectivity index (χ3v) is 6.04. The Balaban J connectivity index is 1.52. The standard InChI is InChI=1S/C28H29BrN4O4S/c1-17(2)13-14-37-24-12-9-21(29)16-23(24)27(36)31-28(38)33-32-26(35)19-7-10-22(11-8-19)30-25(34)20-6-4-5-18(3)15-20/h4-12,15-17H,13-14H2,1-3H3,(H,30,34)(H,32,35)(H2,31,33,36,38). The Bertz CT molecular complexity index is 1330. The number of ether oxygens (including phenoxy) is 1. The maximum Gasteiger partial charge on any atom is 0.269 e. The number of aryl methyl sites for hydroxylation is 1. The second-order valence-electron chi connectivity index (χ2n) is 8.93. The van der Waals surface area contributed by atoms with Crippen LogP contribution in [0.15, 0.2) is 71.2 Å². The summed E-state index contributed by atoms with van der Waals surface area (Å²) in [6.45, 7) is 6.58. The number of amides is 3. The van der Waals surface area contributed by atoms with Gasteiger partial charge in [-0.05, 0) is 86.1 Å². The molecule has 3 aromatic rings. The van der Waals surface area contributed by atoms with Crippen molar-refractivity contribution in [3.05, 3.63) is 93.5 Å². The Kier molecular flexibility index (Phi) is 10.4. The summed E-state index contributed by atoms with van der Waals surface area (Å²) in [5, 5.41) is 5.25. The fraction of sp³-hybridized carbons (Fsp3) is 0.214. The lowest BCUT2D eigenvalue weighted by Gasteiger charge is -2.14. The number of carbonyl (C=O) groups excluding carboxylic acids is 3. The lowest BCUT2D eigenvalue weighted by atomic mass is 10.1. The number of hydrogen-bond acceptors (Lipinski definition) is 5. The zero-order chi connectivity index (χ0) is 27.7. The van der Waals surface area contributed by atoms with Gasteiger partial charge in [0.15, 0.2) is 5.11 Å². The summed E-state index contributed by atoms with van der Waals surface area (Å²) in [5.41, 5.74) is 7.68. The molecule has 3 aromatic carbocycles. The maximum absolute atomic E-state index is 12.8.